The Morgan fingerprint density at radius 1 is 0.944 bits per heavy atom. The zero-order valence-corrected chi connectivity index (χ0v) is 21.3. The molecule has 2 heterocycles. The van der Waals surface area contributed by atoms with Crippen molar-refractivity contribution in [2.75, 3.05) is 41.5 Å². The van der Waals surface area contributed by atoms with Crippen LogP contribution in [0.5, 0.6) is 17.2 Å². The molecule has 1 fully saturated rings. The van der Waals surface area contributed by atoms with Crippen LogP contribution in [-0.2, 0) is 4.18 Å². The van der Waals surface area contributed by atoms with Gasteiger partial charge in [0.15, 0.2) is 0 Å². The van der Waals surface area contributed by atoms with Gasteiger partial charge in [0.2, 0.25) is 0 Å². The molecule has 3 aromatic carbocycles. The number of methoxy groups -OCH3 is 2. The molecule has 8 nitrogen and oxygen atoms in total. The van der Waals surface area contributed by atoms with Crippen LogP contribution >= 0.6 is 12.0 Å². The first-order chi connectivity index (χ1) is 17.5. The predicted octanol–water partition coefficient (Wildman–Crippen LogP) is 4.62. The number of likely N-dealkylation sites (N-methyl/N-ethyl adjacent to an activating group) is 1. The Morgan fingerprint density at radius 2 is 1.69 bits per heavy atom. The molecule has 0 aliphatic carbocycles. The Labute approximate surface area is 213 Å². The Kier molecular flexibility index (Phi) is 6.86. The van der Waals surface area contributed by atoms with Crippen molar-refractivity contribution in [1.29, 1.82) is 0 Å². The lowest BCUT2D eigenvalue weighted by Crippen LogP contribution is -2.51. The molecule has 1 N–H and O–H groups in total. The van der Waals surface area contributed by atoms with Crippen LogP contribution in [0.2, 0.25) is 0 Å². The minimum Gasteiger partial charge on any atom is -0.497 e. The van der Waals surface area contributed by atoms with E-state index in [4.69, 9.17) is 23.4 Å². The molecule has 1 saturated heterocycles. The second-order valence-electron chi connectivity index (χ2n) is 8.58. The molecular weight excluding hydrogens is 478 g/mol. The van der Waals surface area contributed by atoms with Crippen LogP contribution in [-0.4, -0.2) is 62.4 Å². The number of fused-ring (bicyclic) bond motifs is 1. The van der Waals surface area contributed by atoms with Crippen LogP contribution in [0.1, 0.15) is 0 Å². The fourth-order valence-corrected chi connectivity index (χ4v) is 4.75. The summed E-state index contributed by atoms with van der Waals surface area (Å²) < 4.78 is 22.3. The van der Waals surface area contributed by atoms with Crippen molar-refractivity contribution < 1.29 is 18.4 Å². The number of H-pyrrole nitrogens is 1. The van der Waals surface area contributed by atoms with Gasteiger partial charge in [-0.15, -0.1) is 0 Å². The van der Waals surface area contributed by atoms with Crippen LogP contribution in [0.4, 0.5) is 0 Å². The Bertz CT molecular complexity index is 1450. The molecule has 0 amide bonds. The fraction of sp³-hybridized carbons (Fsp3) is 0.259. The van der Waals surface area contributed by atoms with Crippen molar-refractivity contribution in [2.24, 2.45) is 0 Å². The minimum absolute atomic E-state index is 0.140. The number of aromatic amines is 1. The lowest BCUT2D eigenvalue weighted by molar-refractivity contribution is 0.0392. The second kappa shape index (κ2) is 10.2. The van der Waals surface area contributed by atoms with Crippen molar-refractivity contribution in [3.8, 4) is 39.8 Å². The topological polar surface area (TPSA) is 85.9 Å². The summed E-state index contributed by atoms with van der Waals surface area (Å²) in [7, 11) is 6.80. The number of hydrogen-bond donors (Lipinski definition) is 1. The normalized spacial score (nSPS) is 14.0. The zero-order chi connectivity index (χ0) is 25.2. The molecule has 0 bridgehead atoms. The average Bonchev–Trinajstić information content (AvgIpc) is 2.87. The summed E-state index contributed by atoms with van der Waals surface area (Å²) in [6, 6.07) is 17.3. The van der Waals surface area contributed by atoms with E-state index in [0.717, 1.165) is 40.4 Å². The summed E-state index contributed by atoms with van der Waals surface area (Å²) in [5, 5.41) is 0.377. The van der Waals surface area contributed by atoms with Crippen molar-refractivity contribution in [2.45, 2.75) is 11.0 Å². The highest BCUT2D eigenvalue weighted by Gasteiger charge is 2.26. The summed E-state index contributed by atoms with van der Waals surface area (Å²) in [5.74, 6) is 2.21. The molecule has 1 aromatic heterocycles. The Morgan fingerprint density at radius 3 is 2.36 bits per heavy atom. The zero-order valence-electron chi connectivity index (χ0n) is 20.5. The molecular formula is C27H27N3O5S. The van der Waals surface area contributed by atoms with Gasteiger partial charge in [-0.1, -0.05) is 12.1 Å². The van der Waals surface area contributed by atoms with Crippen LogP contribution in [0.15, 0.2) is 64.3 Å². The fourth-order valence-electron chi connectivity index (χ4n) is 4.31. The summed E-state index contributed by atoms with van der Waals surface area (Å²) in [6.45, 7) is 1.77. The number of likely N-dealkylation sites (tertiary alicyclic amines) is 1. The SMILES string of the molecule is COSc1ccc(-c2cc(-c3nc4cc(OC)cc(OC)c4c(=O)[nH]3)ccc2OC2CN(C)C2)cc1. The number of benzene rings is 3. The molecule has 186 valence electrons. The molecule has 5 rings (SSSR count). The third kappa shape index (κ3) is 4.77. The smallest absolute Gasteiger partial charge is 0.262 e. The van der Waals surface area contributed by atoms with E-state index >= 15 is 0 Å². The molecule has 1 aliphatic rings. The highest BCUT2D eigenvalue weighted by molar-refractivity contribution is 7.94. The number of rotatable bonds is 8. The van der Waals surface area contributed by atoms with E-state index in [9.17, 15) is 4.79 Å². The Balaban J connectivity index is 1.60. The molecule has 0 saturated carbocycles. The summed E-state index contributed by atoms with van der Waals surface area (Å²) >= 11 is 1.31. The van der Waals surface area contributed by atoms with Gasteiger partial charge in [0.1, 0.15) is 34.6 Å². The van der Waals surface area contributed by atoms with Gasteiger partial charge < -0.3 is 23.4 Å². The van der Waals surface area contributed by atoms with Crippen LogP contribution < -0.4 is 19.8 Å². The van der Waals surface area contributed by atoms with Crippen LogP contribution in [0, 0.1) is 0 Å². The van der Waals surface area contributed by atoms with Crippen LogP contribution in [0.25, 0.3) is 33.4 Å². The van der Waals surface area contributed by atoms with Gasteiger partial charge in [0, 0.05) is 53.3 Å². The first kappa shape index (κ1) is 24.2. The first-order valence-electron chi connectivity index (χ1n) is 11.5. The largest absolute Gasteiger partial charge is 0.497 e. The maximum Gasteiger partial charge on any atom is 0.262 e. The number of aromatic nitrogens is 2. The molecule has 9 heteroatoms. The molecule has 1 aliphatic heterocycles. The number of hydrogen-bond acceptors (Lipinski definition) is 8. The highest BCUT2D eigenvalue weighted by atomic mass is 32.2. The van der Waals surface area contributed by atoms with Gasteiger partial charge in [0.05, 0.1) is 26.8 Å². The molecule has 0 unspecified atom stereocenters. The van der Waals surface area contributed by atoms with Gasteiger partial charge in [-0.25, -0.2) is 4.98 Å². The molecule has 36 heavy (non-hydrogen) atoms. The van der Waals surface area contributed by atoms with Crippen molar-refractivity contribution >= 4 is 22.9 Å². The monoisotopic (exact) mass is 505 g/mol. The van der Waals surface area contributed by atoms with Gasteiger partial charge in [-0.3, -0.25) is 9.69 Å². The standard InChI is InChI=1S/C27H27N3O5S/c1-30-14-19(15-30)35-23-10-7-17(11-21(23)16-5-8-20(9-6-16)36-34-4)26-28-22-12-18(32-2)13-24(33-3)25(22)27(31)29-26/h5-13,19H,14-15H2,1-4H3,(H,28,29,31). The number of nitrogens with zero attached hydrogens (tertiary/aromatic N) is 2. The third-order valence-corrected chi connectivity index (χ3v) is 6.76. The van der Waals surface area contributed by atoms with E-state index in [-0.39, 0.29) is 11.7 Å². The maximum atomic E-state index is 13.0. The van der Waals surface area contributed by atoms with E-state index in [1.165, 1.54) is 19.2 Å². The maximum absolute atomic E-state index is 13.0. The molecule has 0 radical (unpaired) electrons. The lowest BCUT2D eigenvalue weighted by Gasteiger charge is -2.36. The first-order valence-corrected chi connectivity index (χ1v) is 12.2. The van der Waals surface area contributed by atoms with E-state index in [1.807, 2.05) is 42.5 Å². The number of nitrogens with one attached hydrogen (secondary N) is 1. The van der Waals surface area contributed by atoms with Crippen molar-refractivity contribution in [3.05, 3.63) is 65.0 Å². The van der Waals surface area contributed by atoms with E-state index in [0.29, 0.717) is 28.2 Å². The Hall–Kier alpha value is -3.53. The average molecular weight is 506 g/mol. The van der Waals surface area contributed by atoms with Gasteiger partial charge in [-0.2, -0.15) is 0 Å². The highest BCUT2D eigenvalue weighted by Crippen LogP contribution is 2.36. The van der Waals surface area contributed by atoms with Crippen molar-refractivity contribution in [1.82, 2.24) is 14.9 Å². The third-order valence-electron chi connectivity index (χ3n) is 6.12. The second-order valence-corrected chi connectivity index (χ2v) is 9.56. The quantitative estimate of drug-likeness (QED) is 0.347. The van der Waals surface area contributed by atoms with Crippen LogP contribution in [0.3, 0.4) is 0 Å². The lowest BCUT2D eigenvalue weighted by atomic mass is 10.0. The molecule has 4 aromatic rings. The van der Waals surface area contributed by atoms with E-state index in [1.54, 1.807) is 26.4 Å². The van der Waals surface area contributed by atoms with E-state index in [2.05, 4.69) is 16.9 Å². The molecule has 0 atom stereocenters. The van der Waals surface area contributed by atoms with Crippen molar-refractivity contribution in [3.63, 3.8) is 0 Å². The van der Waals surface area contributed by atoms with Gasteiger partial charge >= 0.3 is 0 Å². The van der Waals surface area contributed by atoms with Gasteiger partial charge in [0.25, 0.3) is 5.56 Å². The predicted molar refractivity (Wildman–Crippen MR) is 141 cm³/mol. The number of ether oxygens (including phenoxy) is 3. The summed E-state index contributed by atoms with van der Waals surface area (Å²) in [6.07, 6.45) is 0.140. The summed E-state index contributed by atoms with van der Waals surface area (Å²) in [5.41, 5.74) is 2.88. The minimum atomic E-state index is -0.283. The summed E-state index contributed by atoms with van der Waals surface area (Å²) in [4.78, 5) is 23.9. The van der Waals surface area contributed by atoms with E-state index < -0.39 is 0 Å². The molecule has 0 spiro atoms. The van der Waals surface area contributed by atoms with Gasteiger partial charge in [-0.05, 0) is 42.9 Å².